The average Bonchev–Trinajstić information content (AvgIpc) is 3.15. The largest absolute Gasteiger partial charge is 0.493 e. The summed E-state index contributed by atoms with van der Waals surface area (Å²) in [5.41, 5.74) is 7.53. The molecule has 1 saturated heterocycles. The van der Waals surface area contributed by atoms with Crippen LogP contribution in [0.1, 0.15) is 67.7 Å². The summed E-state index contributed by atoms with van der Waals surface area (Å²) >= 11 is 0. The lowest BCUT2D eigenvalue weighted by Crippen LogP contribution is -2.45. The van der Waals surface area contributed by atoms with E-state index in [1.54, 1.807) is 0 Å². The molecule has 1 amide bonds. The van der Waals surface area contributed by atoms with Gasteiger partial charge in [-0.25, -0.2) is 0 Å². The van der Waals surface area contributed by atoms with Gasteiger partial charge in [0.05, 0.1) is 12.6 Å². The summed E-state index contributed by atoms with van der Waals surface area (Å²) in [7, 11) is 0. The molecular formula is C26H45N3O2. The van der Waals surface area contributed by atoms with E-state index in [1.807, 2.05) is 4.90 Å². The van der Waals surface area contributed by atoms with Crippen molar-refractivity contribution in [1.29, 1.82) is 0 Å². The van der Waals surface area contributed by atoms with Crippen molar-refractivity contribution in [3.05, 3.63) is 24.3 Å². The second kappa shape index (κ2) is 11.2. The monoisotopic (exact) mass is 431 g/mol. The van der Waals surface area contributed by atoms with Crippen LogP contribution in [0, 0.1) is 17.3 Å². The summed E-state index contributed by atoms with van der Waals surface area (Å²) in [4.78, 5) is 17.3. The molecule has 2 rings (SSSR count). The first kappa shape index (κ1) is 25.5. The third kappa shape index (κ3) is 8.36. The van der Waals surface area contributed by atoms with Crippen molar-refractivity contribution in [2.24, 2.45) is 23.0 Å². The van der Waals surface area contributed by atoms with Crippen LogP contribution in [0.3, 0.4) is 0 Å². The fourth-order valence-corrected chi connectivity index (χ4v) is 3.99. The number of anilines is 1. The fraction of sp³-hybridized carbons (Fsp3) is 0.731. The van der Waals surface area contributed by atoms with Crippen LogP contribution < -0.4 is 15.4 Å². The van der Waals surface area contributed by atoms with Gasteiger partial charge in [0.15, 0.2) is 0 Å². The van der Waals surface area contributed by atoms with Crippen LogP contribution in [-0.2, 0) is 4.79 Å². The van der Waals surface area contributed by atoms with Crippen LogP contribution in [0.5, 0.6) is 5.75 Å². The molecule has 0 bridgehead atoms. The normalized spacial score (nSPS) is 18.0. The molecular weight excluding hydrogens is 386 g/mol. The van der Waals surface area contributed by atoms with Crippen molar-refractivity contribution >= 4 is 11.6 Å². The van der Waals surface area contributed by atoms with E-state index in [4.69, 9.17) is 10.5 Å². The number of rotatable bonds is 10. The van der Waals surface area contributed by atoms with Gasteiger partial charge in [-0.3, -0.25) is 4.79 Å². The van der Waals surface area contributed by atoms with Crippen molar-refractivity contribution in [1.82, 2.24) is 4.90 Å². The number of hydrogen-bond acceptors (Lipinski definition) is 4. The smallest absolute Gasteiger partial charge is 0.239 e. The molecule has 0 spiro atoms. The van der Waals surface area contributed by atoms with Crippen molar-refractivity contribution in [3.8, 4) is 5.75 Å². The van der Waals surface area contributed by atoms with Crippen LogP contribution in [-0.4, -0.2) is 49.1 Å². The molecule has 0 radical (unpaired) electrons. The van der Waals surface area contributed by atoms with Gasteiger partial charge in [0.2, 0.25) is 5.91 Å². The topological polar surface area (TPSA) is 58.8 Å². The average molecular weight is 432 g/mol. The molecule has 0 saturated carbocycles. The highest BCUT2D eigenvalue weighted by molar-refractivity contribution is 5.82. The third-order valence-electron chi connectivity index (χ3n) is 5.75. The predicted molar refractivity (Wildman–Crippen MR) is 131 cm³/mol. The second-order valence-corrected chi connectivity index (χ2v) is 11.2. The van der Waals surface area contributed by atoms with Gasteiger partial charge < -0.3 is 20.3 Å². The minimum absolute atomic E-state index is 0.103. The number of nitrogens with zero attached hydrogens (tertiary/aromatic N) is 2. The van der Waals surface area contributed by atoms with Gasteiger partial charge in [0.25, 0.3) is 0 Å². The van der Waals surface area contributed by atoms with Crippen LogP contribution >= 0.6 is 0 Å². The molecule has 5 nitrogen and oxygen atoms in total. The van der Waals surface area contributed by atoms with Crippen molar-refractivity contribution in [2.45, 2.75) is 79.8 Å². The van der Waals surface area contributed by atoms with E-state index in [0.29, 0.717) is 24.5 Å². The maximum Gasteiger partial charge on any atom is 0.239 e. The van der Waals surface area contributed by atoms with Gasteiger partial charge in [-0.05, 0) is 60.8 Å². The van der Waals surface area contributed by atoms with Gasteiger partial charge >= 0.3 is 0 Å². The van der Waals surface area contributed by atoms with Crippen LogP contribution in [0.15, 0.2) is 24.3 Å². The maximum atomic E-state index is 12.8. The molecule has 1 aromatic rings. The Labute approximate surface area is 190 Å². The highest BCUT2D eigenvalue weighted by atomic mass is 16.5. The molecule has 2 atom stereocenters. The summed E-state index contributed by atoms with van der Waals surface area (Å²) in [6.45, 7) is 18.5. The third-order valence-corrected chi connectivity index (χ3v) is 5.75. The Bertz CT molecular complexity index is 679. The Hall–Kier alpha value is -1.75. The summed E-state index contributed by atoms with van der Waals surface area (Å²) < 4.78 is 5.95. The first-order valence-electron chi connectivity index (χ1n) is 12.0. The molecule has 1 fully saturated rings. The van der Waals surface area contributed by atoms with E-state index in [2.05, 4.69) is 77.6 Å². The number of benzene rings is 1. The van der Waals surface area contributed by atoms with Gasteiger partial charge in [-0.2, -0.15) is 0 Å². The van der Waals surface area contributed by atoms with E-state index >= 15 is 0 Å². The standard InChI is InChI=1S/C26H45N3O2/c1-19(2)12-15-29(21-8-10-23(11-9-21)31-18-26(5,6)7)22-13-14-28(17-22)25(30)24(27)16-20(3)4/h8-11,19-20,22,24H,12-18,27H2,1-7H3/t22?,24-/m0/s1. The van der Waals surface area contributed by atoms with E-state index in [0.717, 1.165) is 44.6 Å². The van der Waals surface area contributed by atoms with E-state index in [1.165, 1.54) is 5.69 Å². The summed E-state index contributed by atoms with van der Waals surface area (Å²) in [5, 5.41) is 0. The number of ether oxygens (including phenoxy) is 1. The highest BCUT2D eigenvalue weighted by Crippen LogP contribution is 2.27. The first-order chi connectivity index (χ1) is 14.5. The summed E-state index contributed by atoms with van der Waals surface area (Å²) in [5.74, 6) is 2.07. The van der Waals surface area contributed by atoms with E-state index in [-0.39, 0.29) is 17.4 Å². The Balaban J connectivity index is 2.07. The molecule has 2 N–H and O–H groups in total. The molecule has 1 aliphatic rings. The quantitative estimate of drug-likeness (QED) is 0.570. The van der Waals surface area contributed by atoms with E-state index in [9.17, 15) is 4.79 Å². The predicted octanol–water partition coefficient (Wildman–Crippen LogP) is 4.94. The summed E-state index contributed by atoms with van der Waals surface area (Å²) in [6.07, 6.45) is 2.85. The van der Waals surface area contributed by atoms with Crippen LogP contribution in [0.2, 0.25) is 0 Å². The van der Waals surface area contributed by atoms with Gasteiger partial charge in [0, 0.05) is 31.4 Å². The van der Waals surface area contributed by atoms with Crippen molar-refractivity contribution in [3.63, 3.8) is 0 Å². The summed E-state index contributed by atoms with van der Waals surface area (Å²) in [6, 6.07) is 8.40. The molecule has 0 aliphatic carbocycles. The molecule has 5 heteroatoms. The van der Waals surface area contributed by atoms with Gasteiger partial charge in [0.1, 0.15) is 5.75 Å². The van der Waals surface area contributed by atoms with Crippen LogP contribution in [0.4, 0.5) is 5.69 Å². The number of hydrogen-bond donors (Lipinski definition) is 1. The minimum atomic E-state index is -0.387. The lowest BCUT2D eigenvalue weighted by Gasteiger charge is -2.32. The molecule has 1 aliphatic heterocycles. The van der Waals surface area contributed by atoms with Gasteiger partial charge in [-0.1, -0.05) is 48.5 Å². The molecule has 31 heavy (non-hydrogen) atoms. The Morgan fingerprint density at radius 1 is 1.16 bits per heavy atom. The van der Waals surface area contributed by atoms with Crippen molar-refractivity contribution < 1.29 is 9.53 Å². The molecule has 1 heterocycles. The number of amides is 1. The minimum Gasteiger partial charge on any atom is -0.493 e. The zero-order chi connectivity index (χ0) is 23.2. The zero-order valence-corrected chi connectivity index (χ0v) is 20.9. The van der Waals surface area contributed by atoms with E-state index < -0.39 is 0 Å². The number of nitrogens with two attached hydrogens (primary N) is 1. The number of carbonyl (C=O) groups excluding carboxylic acids is 1. The Morgan fingerprint density at radius 2 is 1.81 bits per heavy atom. The lowest BCUT2D eigenvalue weighted by molar-refractivity contribution is -0.131. The number of carbonyl (C=O) groups is 1. The Morgan fingerprint density at radius 3 is 2.35 bits per heavy atom. The molecule has 176 valence electrons. The maximum absolute atomic E-state index is 12.8. The molecule has 1 unspecified atom stereocenters. The SMILES string of the molecule is CC(C)CCN(c1ccc(OCC(C)(C)C)cc1)C1CCN(C(=O)[C@@H](N)CC(C)C)C1. The Kier molecular flexibility index (Phi) is 9.23. The lowest BCUT2D eigenvalue weighted by atomic mass is 9.99. The van der Waals surface area contributed by atoms with Crippen LogP contribution in [0.25, 0.3) is 0 Å². The molecule has 0 aromatic heterocycles. The van der Waals surface area contributed by atoms with Gasteiger partial charge in [-0.15, -0.1) is 0 Å². The zero-order valence-electron chi connectivity index (χ0n) is 20.9. The fourth-order valence-electron chi connectivity index (χ4n) is 3.99. The highest BCUT2D eigenvalue weighted by Gasteiger charge is 2.32. The second-order valence-electron chi connectivity index (χ2n) is 11.2. The number of likely N-dealkylation sites (tertiary alicyclic amines) is 1. The molecule has 1 aromatic carbocycles. The first-order valence-corrected chi connectivity index (χ1v) is 12.0. The van der Waals surface area contributed by atoms with Crippen molar-refractivity contribution in [2.75, 3.05) is 31.1 Å².